The van der Waals surface area contributed by atoms with E-state index in [1.54, 1.807) is 0 Å². The summed E-state index contributed by atoms with van der Waals surface area (Å²) in [5.74, 6) is -0.122. The maximum Gasteiger partial charge on any atom is 0.307 e. The summed E-state index contributed by atoms with van der Waals surface area (Å²) in [6, 6.07) is 0.277. The van der Waals surface area contributed by atoms with Crippen molar-refractivity contribution in [3.63, 3.8) is 0 Å². The largest absolute Gasteiger partial charge is 0.469 e. The SMILES string of the molecule is CCCCCCCC(CC(=O)OC)NC. The molecule has 0 amide bonds. The molecule has 0 spiro atoms. The monoisotopic (exact) mass is 215 g/mol. The summed E-state index contributed by atoms with van der Waals surface area (Å²) in [6.07, 6.45) is 7.93. The van der Waals surface area contributed by atoms with Crippen LogP contribution in [-0.4, -0.2) is 26.2 Å². The number of hydrogen-bond donors (Lipinski definition) is 1. The van der Waals surface area contributed by atoms with Crippen molar-refractivity contribution in [3.05, 3.63) is 0 Å². The molecule has 0 rings (SSSR count). The second kappa shape index (κ2) is 9.97. The van der Waals surface area contributed by atoms with Gasteiger partial charge in [0.2, 0.25) is 0 Å². The molecule has 0 saturated heterocycles. The molecule has 0 heterocycles. The normalized spacial score (nSPS) is 12.5. The van der Waals surface area contributed by atoms with Crippen LogP contribution in [-0.2, 0) is 9.53 Å². The molecule has 3 nitrogen and oxygen atoms in total. The highest BCUT2D eigenvalue weighted by Crippen LogP contribution is 2.09. The Hall–Kier alpha value is -0.570. The maximum absolute atomic E-state index is 11.1. The quantitative estimate of drug-likeness (QED) is 0.474. The molecule has 0 radical (unpaired) electrons. The molecule has 0 aliphatic rings. The Morgan fingerprint density at radius 3 is 2.47 bits per heavy atom. The van der Waals surface area contributed by atoms with Crippen LogP contribution in [0.3, 0.4) is 0 Å². The number of methoxy groups -OCH3 is 1. The minimum Gasteiger partial charge on any atom is -0.469 e. The predicted molar refractivity (Wildman–Crippen MR) is 62.9 cm³/mol. The van der Waals surface area contributed by atoms with E-state index in [0.717, 1.165) is 6.42 Å². The van der Waals surface area contributed by atoms with Crippen LogP contribution in [0.2, 0.25) is 0 Å². The lowest BCUT2D eigenvalue weighted by molar-refractivity contribution is -0.141. The van der Waals surface area contributed by atoms with Gasteiger partial charge in [0.05, 0.1) is 13.5 Å². The van der Waals surface area contributed by atoms with Gasteiger partial charge < -0.3 is 10.1 Å². The summed E-state index contributed by atoms with van der Waals surface area (Å²) in [5, 5.41) is 3.16. The fourth-order valence-electron chi connectivity index (χ4n) is 1.63. The summed E-state index contributed by atoms with van der Waals surface area (Å²) < 4.78 is 4.65. The van der Waals surface area contributed by atoms with E-state index in [4.69, 9.17) is 0 Å². The van der Waals surface area contributed by atoms with Gasteiger partial charge >= 0.3 is 5.97 Å². The van der Waals surface area contributed by atoms with Crippen molar-refractivity contribution in [1.29, 1.82) is 0 Å². The van der Waals surface area contributed by atoms with Crippen LogP contribution in [0.25, 0.3) is 0 Å². The molecule has 0 aromatic rings. The first-order chi connectivity index (χ1) is 7.24. The van der Waals surface area contributed by atoms with Crippen LogP contribution in [0.1, 0.15) is 51.9 Å². The molecular formula is C12H25NO2. The minimum atomic E-state index is -0.122. The van der Waals surface area contributed by atoms with Gasteiger partial charge in [0.15, 0.2) is 0 Å². The molecule has 0 aliphatic heterocycles. The molecule has 3 heteroatoms. The number of rotatable bonds is 9. The number of ether oxygens (including phenoxy) is 1. The number of unbranched alkanes of at least 4 members (excludes halogenated alkanes) is 4. The molecule has 1 unspecified atom stereocenters. The Labute approximate surface area is 93.6 Å². The standard InChI is InChI=1S/C12H25NO2/c1-4-5-6-7-8-9-11(13-2)10-12(14)15-3/h11,13H,4-10H2,1-3H3. The molecular weight excluding hydrogens is 190 g/mol. The summed E-state index contributed by atoms with van der Waals surface area (Å²) >= 11 is 0. The van der Waals surface area contributed by atoms with Crippen molar-refractivity contribution in [2.45, 2.75) is 57.9 Å². The van der Waals surface area contributed by atoms with Gasteiger partial charge in [0.1, 0.15) is 0 Å². The van der Waals surface area contributed by atoms with Crippen molar-refractivity contribution in [1.82, 2.24) is 5.32 Å². The van der Waals surface area contributed by atoms with Crippen molar-refractivity contribution >= 4 is 5.97 Å². The van der Waals surface area contributed by atoms with E-state index in [1.807, 2.05) is 7.05 Å². The lowest BCUT2D eigenvalue weighted by Crippen LogP contribution is -2.28. The third-order valence-corrected chi connectivity index (χ3v) is 2.71. The van der Waals surface area contributed by atoms with E-state index in [1.165, 1.54) is 39.2 Å². The summed E-state index contributed by atoms with van der Waals surface area (Å²) in [5.41, 5.74) is 0. The van der Waals surface area contributed by atoms with Gasteiger partial charge in [-0.05, 0) is 13.5 Å². The van der Waals surface area contributed by atoms with Crippen LogP contribution >= 0.6 is 0 Å². The summed E-state index contributed by atoms with van der Waals surface area (Å²) in [4.78, 5) is 11.1. The average Bonchev–Trinajstić information content (AvgIpc) is 2.26. The molecule has 0 fully saturated rings. The van der Waals surface area contributed by atoms with Crippen LogP contribution in [0.15, 0.2) is 0 Å². The van der Waals surface area contributed by atoms with E-state index >= 15 is 0 Å². The Balaban J connectivity index is 3.48. The Morgan fingerprint density at radius 2 is 1.93 bits per heavy atom. The predicted octanol–water partition coefficient (Wildman–Crippen LogP) is 2.50. The van der Waals surface area contributed by atoms with E-state index in [9.17, 15) is 4.79 Å². The zero-order valence-electron chi connectivity index (χ0n) is 10.3. The molecule has 0 aromatic carbocycles. The van der Waals surface area contributed by atoms with Gasteiger partial charge in [-0.25, -0.2) is 0 Å². The van der Waals surface area contributed by atoms with Crippen LogP contribution in [0.5, 0.6) is 0 Å². The van der Waals surface area contributed by atoms with E-state index in [2.05, 4.69) is 17.0 Å². The minimum absolute atomic E-state index is 0.122. The van der Waals surface area contributed by atoms with Crippen molar-refractivity contribution in [2.75, 3.05) is 14.2 Å². The first kappa shape index (κ1) is 14.4. The molecule has 0 saturated carbocycles. The molecule has 0 aromatic heterocycles. The third-order valence-electron chi connectivity index (χ3n) is 2.71. The van der Waals surface area contributed by atoms with E-state index in [-0.39, 0.29) is 12.0 Å². The van der Waals surface area contributed by atoms with Gasteiger partial charge in [-0.3, -0.25) is 4.79 Å². The molecule has 1 atom stereocenters. The molecule has 15 heavy (non-hydrogen) atoms. The first-order valence-corrected chi connectivity index (χ1v) is 5.98. The number of carbonyl (C=O) groups is 1. The van der Waals surface area contributed by atoms with Gasteiger partial charge in [0, 0.05) is 6.04 Å². The van der Waals surface area contributed by atoms with Crippen LogP contribution < -0.4 is 5.32 Å². The molecule has 0 aliphatic carbocycles. The van der Waals surface area contributed by atoms with Gasteiger partial charge in [-0.1, -0.05) is 39.0 Å². The zero-order valence-corrected chi connectivity index (χ0v) is 10.3. The Bertz CT molecular complexity index is 160. The van der Waals surface area contributed by atoms with Crippen molar-refractivity contribution in [2.24, 2.45) is 0 Å². The number of hydrogen-bond acceptors (Lipinski definition) is 3. The topological polar surface area (TPSA) is 38.3 Å². The first-order valence-electron chi connectivity index (χ1n) is 5.98. The second-order valence-electron chi connectivity index (χ2n) is 3.97. The zero-order chi connectivity index (χ0) is 11.5. The highest BCUT2D eigenvalue weighted by molar-refractivity contribution is 5.69. The summed E-state index contributed by atoms with van der Waals surface area (Å²) in [6.45, 7) is 2.22. The number of carbonyl (C=O) groups excluding carboxylic acids is 1. The third kappa shape index (κ3) is 8.43. The lowest BCUT2D eigenvalue weighted by atomic mass is 10.0. The maximum atomic E-state index is 11.1. The molecule has 1 N–H and O–H groups in total. The smallest absolute Gasteiger partial charge is 0.307 e. The van der Waals surface area contributed by atoms with Crippen molar-refractivity contribution < 1.29 is 9.53 Å². The van der Waals surface area contributed by atoms with Crippen LogP contribution in [0, 0.1) is 0 Å². The highest BCUT2D eigenvalue weighted by Gasteiger charge is 2.11. The van der Waals surface area contributed by atoms with E-state index in [0.29, 0.717) is 6.42 Å². The fourth-order valence-corrected chi connectivity index (χ4v) is 1.63. The lowest BCUT2D eigenvalue weighted by Gasteiger charge is -2.14. The fraction of sp³-hybridized carbons (Fsp3) is 0.917. The van der Waals surface area contributed by atoms with Gasteiger partial charge in [-0.15, -0.1) is 0 Å². The van der Waals surface area contributed by atoms with E-state index < -0.39 is 0 Å². The number of esters is 1. The Kier molecular flexibility index (Phi) is 9.59. The van der Waals surface area contributed by atoms with Gasteiger partial charge in [-0.2, -0.15) is 0 Å². The Morgan fingerprint density at radius 1 is 1.27 bits per heavy atom. The highest BCUT2D eigenvalue weighted by atomic mass is 16.5. The van der Waals surface area contributed by atoms with Gasteiger partial charge in [0.25, 0.3) is 0 Å². The molecule has 0 bridgehead atoms. The molecule has 90 valence electrons. The second-order valence-corrected chi connectivity index (χ2v) is 3.97. The van der Waals surface area contributed by atoms with Crippen molar-refractivity contribution in [3.8, 4) is 0 Å². The van der Waals surface area contributed by atoms with Crippen LogP contribution in [0.4, 0.5) is 0 Å². The summed E-state index contributed by atoms with van der Waals surface area (Å²) in [7, 11) is 3.34. The average molecular weight is 215 g/mol. The number of nitrogens with one attached hydrogen (secondary N) is 1.